The summed E-state index contributed by atoms with van der Waals surface area (Å²) in [5.74, 6) is 0.199. The molecule has 0 fully saturated rings. The summed E-state index contributed by atoms with van der Waals surface area (Å²) in [6, 6.07) is 0. The van der Waals surface area contributed by atoms with E-state index in [1.165, 1.54) is 128 Å². The molecule has 0 aliphatic carbocycles. The van der Waals surface area contributed by atoms with E-state index >= 15 is 0 Å². The van der Waals surface area contributed by atoms with E-state index in [0.29, 0.717) is 12.8 Å². The van der Waals surface area contributed by atoms with E-state index in [1.807, 2.05) is 0 Å². The van der Waals surface area contributed by atoms with E-state index in [-0.39, 0.29) is 11.9 Å². The van der Waals surface area contributed by atoms with Crippen molar-refractivity contribution in [2.45, 2.75) is 188 Å². The normalized spacial score (nSPS) is 11.3. The third kappa shape index (κ3) is 29.3. The average molecular weight is 495 g/mol. The number of ether oxygens (including phenoxy) is 1. The van der Waals surface area contributed by atoms with Crippen LogP contribution in [-0.2, 0) is 14.3 Å². The van der Waals surface area contributed by atoms with Crippen molar-refractivity contribution in [2.24, 2.45) is 5.92 Å². The summed E-state index contributed by atoms with van der Waals surface area (Å²) in [5.41, 5.74) is 0. The van der Waals surface area contributed by atoms with E-state index in [2.05, 4.69) is 20.8 Å². The Bertz CT molecular complexity index is 458. The van der Waals surface area contributed by atoms with Gasteiger partial charge < -0.3 is 4.74 Å². The van der Waals surface area contributed by atoms with Gasteiger partial charge in [-0.15, -0.1) is 0 Å². The van der Waals surface area contributed by atoms with E-state index < -0.39 is 0 Å². The maximum atomic E-state index is 11.8. The minimum absolute atomic E-state index is 0.327. The zero-order chi connectivity index (χ0) is 25.8. The van der Waals surface area contributed by atoms with Crippen LogP contribution in [0.4, 0.5) is 0 Å². The zero-order valence-electron chi connectivity index (χ0n) is 24.2. The highest BCUT2D eigenvalue weighted by atomic mass is 16.6. The molecule has 0 aromatic carbocycles. The summed E-state index contributed by atoms with van der Waals surface area (Å²) in [4.78, 5) is 23.7. The molecule has 3 nitrogen and oxygen atoms in total. The number of hydrogen-bond acceptors (Lipinski definition) is 3. The predicted molar refractivity (Wildman–Crippen MR) is 152 cm³/mol. The van der Waals surface area contributed by atoms with Gasteiger partial charge >= 0.3 is 11.9 Å². The fourth-order valence-corrected chi connectivity index (χ4v) is 4.75. The van der Waals surface area contributed by atoms with Gasteiger partial charge in [0, 0.05) is 12.8 Å². The van der Waals surface area contributed by atoms with Crippen molar-refractivity contribution in [3.63, 3.8) is 0 Å². The number of esters is 2. The van der Waals surface area contributed by atoms with E-state index in [4.69, 9.17) is 4.74 Å². The molecule has 0 rings (SSSR count). The molecule has 0 unspecified atom stereocenters. The lowest BCUT2D eigenvalue weighted by molar-refractivity contribution is -0.159. The minimum atomic E-state index is -0.328. The van der Waals surface area contributed by atoms with Gasteiger partial charge in [-0.05, 0) is 18.8 Å². The van der Waals surface area contributed by atoms with E-state index in [9.17, 15) is 9.59 Å². The quantitative estimate of drug-likeness (QED) is 0.0647. The highest BCUT2D eigenvalue weighted by Crippen LogP contribution is 2.15. The number of hydrogen-bond donors (Lipinski definition) is 0. The van der Waals surface area contributed by atoms with Crippen molar-refractivity contribution in [3.05, 3.63) is 0 Å². The second kappa shape index (κ2) is 27.7. The highest BCUT2D eigenvalue weighted by Gasteiger charge is 2.09. The van der Waals surface area contributed by atoms with Gasteiger partial charge in [0.25, 0.3) is 0 Å². The zero-order valence-corrected chi connectivity index (χ0v) is 24.2. The molecule has 0 saturated heterocycles. The van der Waals surface area contributed by atoms with Gasteiger partial charge in [0.1, 0.15) is 0 Å². The minimum Gasteiger partial charge on any atom is -0.393 e. The lowest BCUT2D eigenvalue weighted by Gasteiger charge is -2.05. The number of unbranched alkanes of at least 4 members (excludes halogenated alkanes) is 21. The molecule has 0 amide bonds. The Kier molecular flexibility index (Phi) is 27.0. The van der Waals surface area contributed by atoms with Crippen LogP contribution in [0.2, 0.25) is 0 Å². The number of rotatable bonds is 27. The molecule has 35 heavy (non-hydrogen) atoms. The molecule has 3 heteroatoms. The maximum Gasteiger partial charge on any atom is 0.313 e. The van der Waals surface area contributed by atoms with Crippen LogP contribution in [0.5, 0.6) is 0 Å². The van der Waals surface area contributed by atoms with Crippen LogP contribution in [0.15, 0.2) is 0 Å². The van der Waals surface area contributed by atoms with E-state index in [1.54, 1.807) is 0 Å². The molecule has 0 spiro atoms. The Morgan fingerprint density at radius 3 is 1.06 bits per heavy atom. The van der Waals surface area contributed by atoms with Crippen molar-refractivity contribution in [3.8, 4) is 0 Å². The van der Waals surface area contributed by atoms with Crippen LogP contribution in [0.1, 0.15) is 188 Å². The molecule has 0 radical (unpaired) electrons. The second-order valence-electron chi connectivity index (χ2n) is 11.3. The molecule has 0 aromatic rings. The highest BCUT2D eigenvalue weighted by molar-refractivity contribution is 5.85. The van der Waals surface area contributed by atoms with Crippen molar-refractivity contribution in [2.75, 3.05) is 0 Å². The lowest BCUT2D eigenvalue weighted by Crippen LogP contribution is -2.11. The smallest absolute Gasteiger partial charge is 0.313 e. The van der Waals surface area contributed by atoms with Crippen LogP contribution in [0, 0.1) is 5.92 Å². The van der Waals surface area contributed by atoms with Crippen molar-refractivity contribution >= 4 is 11.9 Å². The van der Waals surface area contributed by atoms with Gasteiger partial charge in [-0.1, -0.05) is 162 Å². The molecular formula is C32H62O3. The van der Waals surface area contributed by atoms with Gasteiger partial charge in [-0.2, -0.15) is 0 Å². The standard InChI is InChI=1S/C32H62O3/c1-4-5-6-7-8-9-12-16-19-22-25-28-31(33)35-32(34)29-26-23-20-17-14-11-10-13-15-18-21-24-27-30(2)3/h30H,4-29H2,1-3H3. The van der Waals surface area contributed by atoms with Gasteiger partial charge in [0.2, 0.25) is 0 Å². The van der Waals surface area contributed by atoms with Crippen LogP contribution in [0.25, 0.3) is 0 Å². The molecule has 0 aliphatic rings. The first-order valence-electron chi connectivity index (χ1n) is 15.8. The maximum absolute atomic E-state index is 11.8. The van der Waals surface area contributed by atoms with Crippen LogP contribution >= 0.6 is 0 Å². The number of carbonyl (C=O) groups is 2. The van der Waals surface area contributed by atoms with Crippen molar-refractivity contribution < 1.29 is 14.3 Å². The Morgan fingerprint density at radius 2 is 0.743 bits per heavy atom. The second-order valence-corrected chi connectivity index (χ2v) is 11.3. The summed E-state index contributed by atoms with van der Waals surface area (Å²) < 4.78 is 4.98. The third-order valence-electron chi connectivity index (χ3n) is 7.12. The van der Waals surface area contributed by atoms with Gasteiger partial charge in [-0.25, -0.2) is 0 Å². The van der Waals surface area contributed by atoms with E-state index in [0.717, 1.165) is 31.6 Å². The van der Waals surface area contributed by atoms with Crippen LogP contribution in [-0.4, -0.2) is 11.9 Å². The van der Waals surface area contributed by atoms with Gasteiger partial charge in [0.15, 0.2) is 0 Å². The third-order valence-corrected chi connectivity index (χ3v) is 7.12. The summed E-state index contributed by atoms with van der Waals surface area (Å²) in [6.45, 7) is 6.88. The summed E-state index contributed by atoms with van der Waals surface area (Å²) in [5, 5.41) is 0. The predicted octanol–water partition coefficient (Wildman–Crippen LogP) is 10.9. The SMILES string of the molecule is CCCCCCCCCCCCCC(=O)OC(=O)CCCCCCCCCCCCCCC(C)C. The molecule has 0 aliphatic heterocycles. The Labute approximate surface area is 219 Å². The number of carbonyl (C=O) groups excluding carboxylic acids is 2. The molecule has 0 aromatic heterocycles. The molecule has 0 heterocycles. The molecular weight excluding hydrogens is 432 g/mol. The Balaban J connectivity index is 3.30. The largest absolute Gasteiger partial charge is 0.393 e. The first-order chi connectivity index (χ1) is 17.1. The lowest BCUT2D eigenvalue weighted by atomic mass is 10.0. The van der Waals surface area contributed by atoms with Crippen LogP contribution in [0.3, 0.4) is 0 Å². The molecule has 0 atom stereocenters. The summed E-state index contributed by atoms with van der Waals surface area (Å²) in [6.07, 6.45) is 31.4. The molecule has 208 valence electrons. The summed E-state index contributed by atoms with van der Waals surface area (Å²) >= 11 is 0. The summed E-state index contributed by atoms with van der Waals surface area (Å²) in [7, 11) is 0. The topological polar surface area (TPSA) is 43.4 Å². The van der Waals surface area contributed by atoms with Gasteiger partial charge in [-0.3, -0.25) is 9.59 Å². The monoisotopic (exact) mass is 494 g/mol. The molecule has 0 saturated carbocycles. The van der Waals surface area contributed by atoms with Crippen molar-refractivity contribution in [1.29, 1.82) is 0 Å². The van der Waals surface area contributed by atoms with Crippen LogP contribution < -0.4 is 0 Å². The first-order valence-corrected chi connectivity index (χ1v) is 15.8. The van der Waals surface area contributed by atoms with Gasteiger partial charge in [0.05, 0.1) is 0 Å². The fraction of sp³-hybridized carbons (Fsp3) is 0.938. The average Bonchev–Trinajstić information content (AvgIpc) is 2.82. The molecule has 0 N–H and O–H groups in total. The first kappa shape index (κ1) is 34.1. The Morgan fingerprint density at radius 1 is 0.457 bits per heavy atom. The fourth-order valence-electron chi connectivity index (χ4n) is 4.75. The van der Waals surface area contributed by atoms with Crippen molar-refractivity contribution in [1.82, 2.24) is 0 Å². The Hall–Kier alpha value is -0.860. The molecule has 0 bridgehead atoms.